The summed E-state index contributed by atoms with van der Waals surface area (Å²) < 4.78 is 30.0. The third kappa shape index (κ3) is 2.97. The third-order valence-electron chi connectivity index (χ3n) is 2.83. The largest absolute Gasteiger partial charge is 0.316 e. The molecule has 0 aliphatic carbocycles. The van der Waals surface area contributed by atoms with E-state index in [1.165, 1.54) is 12.1 Å². The first-order valence-corrected chi connectivity index (χ1v) is 7.60. The molecule has 1 N–H and O–H groups in total. The molecular formula is C11H14ClFN2OS. The standard InChI is InChI=1S/C11H14ClFN2OS/c1-14-9-4-5-17(16,7-9)15-11-3-2-8(12)6-10(11)13/h2-3,6,9,14H,4-5,7H2,1H3. The second kappa shape index (κ2) is 4.92. The van der Waals surface area contributed by atoms with E-state index in [0.29, 0.717) is 16.5 Å². The van der Waals surface area contributed by atoms with E-state index in [0.717, 1.165) is 6.42 Å². The van der Waals surface area contributed by atoms with Crippen molar-refractivity contribution in [3.8, 4) is 0 Å². The van der Waals surface area contributed by atoms with E-state index < -0.39 is 15.5 Å². The fraction of sp³-hybridized carbons (Fsp3) is 0.455. The van der Waals surface area contributed by atoms with Crippen molar-refractivity contribution in [2.45, 2.75) is 12.5 Å². The van der Waals surface area contributed by atoms with Crippen molar-refractivity contribution in [3.05, 3.63) is 29.0 Å². The van der Waals surface area contributed by atoms with Crippen LogP contribution in [0.2, 0.25) is 5.02 Å². The lowest BCUT2D eigenvalue weighted by Gasteiger charge is -2.05. The highest BCUT2D eigenvalue weighted by Gasteiger charge is 2.25. The van der Waals surface area contributed by atoms with Gasteiger partial charge in [-0.25, -0.2) is 8.60 Å². The normalized spacial score (nSPS) is 28.3. The summed E-state index contributed by atoms with van der Waals surface area (Å²) in [7, 11) is -0.492. The van der Waals surface area contributed by atoms with Crippen LogP contribution in [-0.2, 0) is 9.73 Å². The lowest BCUT2D eigenvalue weighted by atomic mass is 10.3. The zero-order chi connectivity index (χ0) is 12.5. The Labute approximate surface area is 106 Å². The highest BCUT2D eigenvalue weighted by molar-refractivity contribution is 7.94. The number of halogens is 2. The van der Waals surface area contributed by atoms with Crippen LogP contribution < -0.4 is 5.32 Å². The van der Waals surface area contributed by atoms with Crippen LogP contribution in [0.4, 0.5) is 10.1 Å². The van der Waals surface area contributed by atoms with Gasteiger partial charge in [-0.1, -0.05) is 11.6 Å². The maximum absolute atomic E-state index is 13.5. The Morgan fingerprint density at radius 3 is 2.94 bits per heavy atom. The molecular weight excluding hydrogens is 263 g/mol. The number of rotatable bonds is 2. The molecule has 0 spiro atoms. The molecule has 0 aromatic heterocycles. The molecule has 2 rings (SSSR count). The second-order valence-corrected chi connectivity index (χ2v) is 7.01. The molecule has 1 heterocycles. The van der Waals surface area contributed by atoms with E-state index in [-0.39, 0.29) is 11.7 Å². The Hall–Kier alpha value is -0.650. The second-order valence-electron chi connectivity index (χ2n) is 4.10. The predicted molar refractivity (Wildman–Crippen MR) is 68.8 cm³/mol. The van der Waals surface area contributed by atoms with Gasteiger partial charge in [0.1, 0.15) is 5.69 Å². The van der Waals surface area contributed by atoms with Gasteiger partial charge in [-0.05, 0) is 31.7 Å². The van der Waals surface area contributed by atoms with Gasteiger partial charge in [-0.3, -0.25) is 0 Å². The third-order valence-corrected chi connectivity index (χ3v) is 5.39. The topological polar surface area (TPSA) is 41.5 Å². The maximum atomic E-state index is 13.5. The Balaban J connectivity index is 2.33. The number of nitrogens with zero attached hydrogens (tertiary/aromatic N) is 1. The molecule has 1 aromatic carbocycles. The quantitative estimate of drug-likeness (QED) is 0.902. The van der Waals surface area contributed by atoms with E-state index in [2.05, 4.69) is 9.68 Å². The van der Waals surface area contributed by atoms with E-state index in [9.17, 15) is 8.60 Å². The lowest BCUT2D eigenvalue weighted by molar-refractivity contribution is 0.622. The Bertz CT molecular complexity index is 540. The van der Waals surface area contributed by atoms with Crippen molar-refractivity contribution in [2.24, 2.45) is 4.36 Å². The molecule has 2 unspecified atom stereocenters. The van der Waals surface area contributed by atoms with Crippen LogP contribution in [0.1, 0.15) is 6.42 Å². The summed E-state index contributed by atoms with van der Waals surface area (Å²) in [6.07, 6.45) is 0.814. The van der Waals surface area contributed by atoms with Gasteiger partial charge in [0, 0.05) is 22.6 Å². The van der Waals surface area contributed by atoms with E-state index in [4.69, 9.17) is 11.6 Å². The summed E-state index contributed by atoms with van der Waals surface area (Å²) in [4.78, 5) is 0. The molecule has 17 heavy (non-hydrogen) atoms. The minimum absolute atomic E-state index is 0.135. The summed E-state index contributed by atoms with van der Waals surface area (Å²) in [5.41, 5.74) is 0.135. The van der Waals surface area contributed by atoms with Crippen molar-refractivity contribution in [1.29, 1.82) is 0 Å². The van der Waals surface area contributed by atoms with Gasteiger partial charge in [0.05, 0.1) is 9.73 Å². The SMILES string of the molecule is CNC1CCS(=O)(=Nc2ccc(Cl)cc2F)C1. The molecule has 2 atom stereocenters. The van der Waals surface area contributed by atoms with Crippen LogP contribution >= 0.6 is 11.6 Å². The highest BCUT2D eigenvalue weighted by atomic mass is 35.5. The van der Waals surface area contributed by atoms with Crippen molar-refractivity contribution in [1.82, 2.24) is 5.32 Å². The monoisotopic (exact) mass is 276 g/mol. The van der Waals surface area contributed by atoms with E-state index in [1.807, 2.05) is 7.05 Å². The smallest absolute Gasteiger partial charge is 0.151 e. The average Bonchev–Trinajstić information content (AvgIpc) is 2.65. The minimum atomic E-state index is -2.32. The summed E-state index contributed by atoms with van der Waals surface area (Å²) in [6.45, 7) is 0. The number of hydrogen-bond acceptors (Lipinski definition) is 3. The molecule has 0 bridgehead atoms. The summed E-state index contributed by atoms with van der Waals surface area (Å²) in [6, 6.07) is 4.42. The minimum Gasteiger partial charge on any atom is -0.316 e. The molecule has 6 heteroatoms. The lowest BCUT2D eigenvalue weighted by Crippen LogP contribution is -2.25. The van der Waals surface area contributed by atoms with Crippen molar-refractivity contribution >= 4 is 27.0 Å². The Morgan fingerprint density at radius 2 is 2.35 bits per heavy atom. The molecule has 0 saturated carbocycles. The van der Waals surface area contributed by atoms with Gasteiger partial charge in [-0.2, -0.15) is 4.36 Å². The van der Waals surface area contributed by atoms with Gasteiger partial charge in [0.15, 0.2) is 5.82 Å². The number of benzene rings is 1. The average molecular weight is 277 g/mol. The van der Waals surface area contributed by atoms with Gasteiger partial charge >= 0.3 is 0 Å². The molecule has 0 amide bonds. The first-order valence-electron chi connectivity index (χ1n) is 5.37. The highest BCUT2D eigenvalue weighted by Crippen LogP contribution is 2.25. The van der Waals surface area contributed by atoms with Crippen LogP contribution in [0, 0.1) is 5.82 Å². The van der Waals surface area contributed by atoms with E-state index >= 15 is 0 Å². The molecule has 94 valence electrons. The molecule has 1 aromatic rings. The molecule has 1 aliphatic rings. The molecule has 0 radical (unpaired) electrons. The molecule has 1 fully saturated rings. The van der Waals surface area contributed by atoms with Crippen LogP contribution in [-0.4, -0.2) is 28.8 Å². The zero-order valence-electron chi connectivity index (χ0n) is 9.45. The summed E-state index contributed by atoms with van der Waals surface area (Å²) >= 11 is 5.65. The molecule has 1 saturated heterocycles. The fourth-order valence-electron chi connectivity index (χ4n) is 1.85. The van der Waals surface area contributed by atoms with Crippen LogP contribution in [0.15, 0.2) is 22.6 Å². The predicted octanol–water partition coefficient (Wildman–Crippen LogP) is 2.57. The molecule has 3 nitrogen and oxygen atoms in total. The van der Waals surface area contributed by atoms with E-state index in [1.54, 1.807) is 6.07 Å². The van der Waals surface area contributed by atoms with Crippen LogP contribution in [0.25, 0.3) is 0 Å². The van der Waals surface area contributed by atoms with Crippen molar-refractivity contribution in [3.63, 3.8) is 0 Å². The van der Waals surface area contributed by atoms with Gasteiger partial charge in [0.2, 0.25) is 0 Å². The number of nitrogens with one attached hydrogen (secondary N) is 1. The number of hydrogen-bond donors (Lipinski definition) is 1. The van der Waals surface area contributed by atoms with Crippen LogP contribution in [0.5, 0.6) is 0 Å². The first kappa shape index (κ1) is 12.8. The fourth-order valence-corrected chi connectivity index (χ4v) is 4.47. The first-order chi connectivity index (χ1) is 8.02. The van der Waals surface area contributed by atoms with Gasteiger partial charge in [-0.15, -0.1) is 0 Å². The Morgan fingerprint density at radius 1 is 1.59 bits per heavy atom. The van der Waals surface area contributed by atoms with Gasteiger partial charge < -0.3 is 5.32 Å². The zero-order valence-corrected chi connectivity index (χ0v) is 11.0. The van der Waals surface area contributed by atoms with Crippen LogP contribution in [0.3, 0.4) is 0 Å². The van der Waals surface area contributed by atoms with Crippen molar-refractivity contribution in [2.75, 3.05) is 18.6 Å². The van der Waals surface area contributed by atoms with Gasteiger partial charge in [0.25, 0.3) is 0 Å². The van der Waals surface area contributed by atoms with Crippen molar-refractivity contribution < 1.29 is 8.60 Å². The summed E-state index contributed by atoms with van der Waals surface area (Å²) in [5.74, 6) is 0.472. The Kier molecular flexibility index (Phi) is 3.70. The maximum Gasteiger partial charge on any atom is 0.151 e. The molecule has 1 aliphatic heterocycles. The summed E-state index contributed by atoms with van der Waals surface area (Å²) in [5, 5.41) is 3.39.